The van der Waals surface area contributed by atoms with E-state index < -0.39 is 10.8 Å². The Kier molecular flexibility index (Phi) is 5.75. The number of benzene rings is 3. The van der Waals surface area contributed by atoms with Crippen molar-refractivity contribution in [3.63, 3.8) is 0 Å². The van der Waals surface area contributed by atoms with Gasteiger partial charge in [-0.15, -0.1) is 0 Å². The Balaban J connectivity index is 1.50. The van der Waals surface area contributed by atoms with E-state index in [1.165, 1.54) is 18.2 Å². The molecule has 1 aliphatic rings. The first-order valence-corrected chi connectivity index (χ1v) is 10.0. The summed E-state index contributed by atoms with van der Waals surface area (Å²) in [4.78, 5) is 27.6. The number of hydrogen-bond acceptors (Lipinski definition) is 5. The Bertz CT molecular complexity index is 1260. The smallest absolute Gasteiger partial charge is 0.282 e. The van der Waals surface area contributed by atoms with Crippen molar-refractivity contribution in [3.8, 4) is 0 Å². The van der Waals surface area contributed by atoms with Crippen LogP contribution in [0.3, 0.4) is 0 Å². The summed E-state index contributed by atoms with van der Waals surface area (Å²) < 4.78 is 0. The highest BCUT2D eigenvalue weighted by atomic mass is 35.5. The molecule has 1 heterocycles. The van der Waals surface area contributed by atoms with E-state index in [9.17, 15) is 14.9 Å². The van der Waals surface area contributed by atoms with Gasteiger partial charge < -0.3 is 5.32 Å². The molecule has 0 aliphatic carbocycles. The summed E-state index contributed by atoms with van der Waals surface area (Å²) in [6.07, 6.45) is 0.704. The number of fused-ring (bicyclic) bond motifs is 1. The van der Waals surface area contributed by atoms with Gasteiger partial charge in [-0.1, -0.05) is 48.0 Å². The maximum atomic E-state index is 12.5. The molecule has 31 heavy (non-hydrogen) atoms. The Morgan fingerprint density at radius 1 is 1.10 bits per heavy atom. The third kappa shape index (κ3) is 4.45. The highest BCUT2D eigenvalue weighted by Crippen LogP contribution is 2.31. The monoisotopic (exact) mass is 450 g/mol. The molecule has 0 fully saturated rings. The highest BCUT2D eigenvalue weighted by Gasteiger charge is 2.21. The zero-order valence-corrected chi connectivity index (χ0v) is 17.5. The van der Waals surface area contributed by atoms with Gasteiger partial charge in [0.2, 0.25) is 0 Å². The first-order chi connectivity index (χ1) is 14.9. The van der Waals surface area contributed by atoms with Gasteiger partial charge >= 0.3 is 0 Å². The van der Waals surface area contributed by atoms with E-state index in [0.29, 0.717) is 17.1 Å². The number of rotatable bonds is 4. The van der Waals surface area contributed by atoms with Gasteiger partial charge in [0.25, 0.3) is 11.6 Å². The summed E-state index contributed by atoms with van der Waals surface area (Å²) in [5.74, 6) is -0.687. The molecule has 0 unspecified atom stereocenters. The second kappa shape index (κ2) is 8.63. The van der Waals surface area contributed by atoms with Gasteiger partial charge in [0.15, 0.2) is 5.11 Å². The van der Waals surface area contributed by atoms with Gasteiger partial charge in [-0.2, -0.15) is 0 Å². The molecule has 0 spiro atoms. The number of para-hydroxylation sites is 2. The van der Waals surface area contributed by atoms with Crippen LogP contribution >= 0.6 is 23.8 Å². The lowest BCUT2D eigenvalue weighted by Gasteiger charge is -2.12. The van der Waals surface area contributed by atoms with Crippen LogP contribution in [-0.2, 0) is 6.42 Å². The fourth-order valence-corrected chi connectivity index (χ4v) is 3.62. The van der Waals surface area contributed by atoms with E-state index in [0.717, 1.165) is 22.5 Å². The minimum atomic E-state index is -0.687. The summed E-state index contributed by atoms with van der Waals surface area (Å²) in [7, 11) is 0. The molecule has 154 valence electrons. The lowest BCUT2D eigenvalue weighted by atomic mass is 10.0. The number of halogens is 1. The lowest BCUT2D eigenvalue weighted by molar-refractivity contribution is -0.385. The fourth-order valence-electron chi connectivity index (χ4n) is 3.25. The molecule has 0 saturated heterocycles. The number of amides is 1. The first kappa shape index (κ1) is 20.6. The highest BCUT2D eigenvalue weighted by molar-refractivity contribution is 7.80. The summed E-state index contributed by atoms with van der Waals surface area (Å²) in [5.41, 5.74) is 3.96. The summed E-state index contributed by atoms with van der Waals surface area (Å²) in [5, 5.41) is 16.9. The number of anilines is 1. The number of nitro groups is 1. The van der Waals surface area contributed by atoms with Crippen molar-refractivity contribution in [3.05, 3.63) is 98.6 Å². The normalized spacial score (nSPS) is 12.0. The number of carbonyl (C=O) groups is 1. The molecule has 4 rings (SSSR count). The molecule has 2 N–H and O–H groups in total. The van der Waals surface area contributed by atoms with Crippen LogP contribution in [0.15, 0.2) is 71.7 Å². The fraction of sp³-hybridized carbons (Fsp3) is 0.0455. The molecule has 3 aromatic carbocycles. The maximum Gasteiger partial charge on any atom is 0.282 e. The van der Waals surface area contributed by atoms with E-state index in [-0.39, 0.29) is 16.4 Å². The Morgan fingerprint density at radius 2 is 1.84 bits per heavy atom. The SMILES string of the molecule is O=C(NC(=S)Nc1cc(C2=Nc3ccccc3C2)ccc1Cl)c1ccccc1[N+](=O)[O-]. The number of carbonyl (C=O) groups excluding carboxylic acids is 1. The molecule has 0 radical (unpaired) electrons. The third-order valence-corrected chi connectivity index (χ3v) is 5.26. The second-order valence-corrected chi connectivity index (χ2v) is 7.56. The number of nitrogens with one attached hydrogen (secondary N) is 2. The van der Waals surface area contributed by atoms with Crippen molar-refractivity contribution >= 4 is 57.6 Å². The predicted molar refractivity (Wildman–Crippen MR) is 125 cm³/mol. The van der Waals surface area contributed by atoms with Gasteiger partial charge in [0.1, 0.15) is 5.56 Å². The zero-order chi connectivity index (χ0) is 22.0. The topological polar surface area (TPSA) is 96.6 Å². The average molecular weight is 451 g/mol. The molecule has 1 amide bonds. The molecule has 9 heteroatoms. The van der Waals surface area contributed by atoms with Crippen molar-refractivity contribution in [2.24, 2.45) is 4.99 Å². The summed E-state index contributed by atoms with van der Waals surface area (Å²) in [6, 6.07) is 19.0. The molecule has 0 aromatic heterocycles. The van der Waals surface area contributed by atoms with E-state index in [4.69, 9.17) is 23.8 Å². The minimum absolute atomic E-state index is 0.0288. The van der Waals surface area contributed by atoms with Crippen LogP contribution < -0.4 is 10.6 Å². The molecular formula is C22H15ClN4O3S. The second-order valence-electron chi connectivity index (χ2n) is 6.74. The van der Waals surface area contributed by atoms with E-state index in [1.54, 1.807) is 18.2 Å². The molecule has 0 atom stereocenters. The van der Waals surface area contributed by atoms with E-state index in [2.05, 4.69) is 15.6 Å². The number of hydrogen-bond donors (Lipinski definition) is 2. The average Bonchev–Trinajstić information content (AvgIpc) is 3.19. The predicted octanol–water partition coefficient (Wildman–Crippen LogP) is 5.05. The van der Waals surface area contributed by atoms with Gasteiger partial charge in [-0.25, -0.2) is 0 Å². The van der Waals surface area contributed by atoms with Crippen LogP contribution in [-0.4, -0.2) is 21.7 Å². The van der Waals surface area contributed by atoms with Gasteiger partial charge in [0.05, 0.1) is 27.0 Å². The van der Waals surface area contributed by atoms with Crippen molar-refractivity contribution in [1.82, 2.24) is 5.32 Å². The summed E-state index contributed by atoms with van der Waals surface area (Å²) >= 11 is 11.5. The Morgan fingerprint density at radius 3 is 2.61 bits per heavy atom. The van der Waals surface area contributed by atoms with E-state index >= 15 is 0 Å². The standard InChI is InChI=1S/C22H15ClN4O3S/c23-16-10-9-14(18-11-13-5-1-3-7-17(13)24-18)12-19(16)25-22(31)26-21(28)15-6-2-4-8-20(15)27(29)30/h1-10,12H,11H2,(H2,25,26,28,31). The van der Waals surface area contributed by atoms with Gasteiger partial charge in [-0.05, 0) is 47.6 Å². The molecular weight excluding hydrogens is 436 g/mol. The van der Waals surface area contributed by atoms with Crippen LogP contribution in [0.1, 0.15) is 21.5 Å². The number of nitro benzene ring substituents is 1. The van der Waals surface area contributed by atoms with Crippen molar-refractivity contribution in [1.29, 1.82) is 0 Å². The Labute approximate surface area is 187 Å². The van der Waals surface area contributed by atoms with Crippen LogP contribution in [0.4, 0.5) is 17.1 Å². The summed E-state index contributed by atoms with van der Waals surface area (Å²) in [6.45, 7) is 0. The third-order valence-electron chi connectivity index (χ3n) is 4.73. The molecule has 3 aromatic rings. The lowest BCUT2D eigenvalue weighted by Crippen LogP contribution is -2.34. The van der Waals surface area contributed by atoms with Crippen molar-refractivity contribution in [2.75, 3.05) is 5.32 Å². The molecule has 7 nitrogen and oxygen atoms in total. The Hall–Kier alpha value is -3.62. The quantitative estimate of drug-likeness (QED) is 0.329. The van der Waals surface area contributed by atoms with Crippen molar-refractivity contribution in [2.45, 2.75) is 6.42 Å². The zero-order valence-electron chi connectivity index (χ0n) is 16.0. The van der Waals surface area contributed by atoms with Crippen molar-refractivity contribution < 1.29 is 9.72 Å². The van der Waals surface area contributed by atoms with Gasteiger partial charge in [-0.3, -0.25) is 25.2 Å². The molecule has 0 saturated carbocycles. The van der Waals surface area contributed by atoms with Crippen LogP contribution in [0.5, 0.6) is 0 Å². The maximum absolute atomic E-state index is 12.5. The minimum Gasteiger partial charge on any atom is -0.331 e. The van der Waals surface area contributed by atoms with Crippen LogP contribution in [0.25, 0.3) is 0 Å². The van der Waals surface area contributed by atoms with Crippen LogP contribution in [0.2, 0.25) is 5.02 Å². The van der Waals surface area contributed by atoms with Crippen LogP contribution in [0, 0.1) is 10.1 Å². The molecule has 1 aliphatic heterocycles. The number of thiocarbonyl (C=S) groups is 1. The van der Waals surface area contributed by atoms with E-state index in [1.807, 2.05) is 30.3 Å². The number of nitrogens with zero attached hydrogens (tertiary/aromatic N) is 2. The molecule has 0 bridgehead atoms. The first-order valence-electron chi connectivity index (χ1n) is 9.23. The number of aliphatic imine (C=N–C) groups is 1. The largest absolute Gasteiger partial charge is 0.331 e. The van der Waals surface area contributed by atoms with Gasteiger partial charge in [0, 0.05) is 12.5 Å².